The highest BCUT2D eigenvalue weighted by Crippen LogP contribution is 2.36. The summed E-state index contributed by atoms with van der Waals surface area (Å²) >= 11 is 1.41. The summed E-state index contributed by atoms with van der Waals surface area (Å²) in [5, 5.41) is 3.60. The summed E-state index contributed by atoms with van der Waals surface area (Å²) in [4.78, 5) is 17.7. The molecule has 2 aliphatic rings. The molecule has 1 amide bonds. The van der Waals surface area contributed by atoms with Crippen molar-refractivity contribution in [2.24, 2.45) is 4.99 Å². The summed E-state index contributed by atoms with van der Waals surface area (Å²) in [5.74, 6) is 1.30. The van der Waals surface area contributed by atoms with E-state index in [1.165, 1.54) is 24.6 Å². The van der Waals surface area contributed by atoms with Gasteiger partial charge in [-0.05, 0) is 50.1 Å². The lowest BCUT2D eigenvalue weighted by atomic mass is 10.1. The first-order valence-corrected chi connectivity index (χ1v) is 10.2. The first kappa shape index (κ1) is 18.8. The average molecular weight is 375 g/mol. The smallest absolute Gasteiger partial charge is 0.264 e. The Hall–Kier alpha value is -1.95. The second-order valence-electron chi connectivity index (χ2n) is 6.39. The van der Waals surface area contributed by atoms with E-state index in [4.69, 9.17) is 9.47 Å². The van der Waals surface area contributed by atoms with Crippen LogP contribution in [-0.2, 0) is 4.79 Å². The highest BCUT2D eigenvalue weighted by Gasteiger charge is 2.26. The third-order valence-electron chi connectivity index (χ3n) is 4.32. The number of nitrogens with zero attached hydrogens (tertiary/aromatic N) is 1. The fourth-order valence-electron chi connectivity index (χ4n) is 3.10. The number of hydrogen-bond donors (Lipinski definition) is 1. The number of benzene rings is 1. The van der Waals surface area contributed by atoms with Gasteiger partial charge < -0.3 is 14.8 Å². The standard InChI is InChI=1S/C20H26N2O3S/c1-3-12-25-18-14(8-7-11-16(18)24-4-2)13-17-19(23)22-20(26-17)21-15-9-5-6-10-15/h7-8,11,13,15H,3-6,9-10,12H2,1-2H3,(H,21,22,23)/b17-13-. The molecular formula is C20H26N2O3S. The zero-order valence-electron chi connectivity index (χ0n) is 15.4. The molecule has 6 heteroatoms. The second kappa shape index (κ2) is 9.12. The molecule has 5 nitrogen and oxygen atoms in total. The average Bonchev–Trinajstić information content (AvgIpc) is 3.25. The molecule has 1 aliphatic heterocycles. The van der Waals surface area contributed by atoms with Gasteiger partial charge in [0.05, 0.1) is 24.2 Å². The fraction of sp³-hybridized carbons (Fsp3) is 0.500. The minimum Gasteiger partial charge on any atom is -0.490 e. The molecule has 3 rings (SSSR count). The number of amides is 1. The predicted molar refractivity (Wildman–Crippen MR) is 107 cm³/mol. The van der Waals surface area contributed by atoms with E-state index in [0.717, 1.165) is 24.8 Å². The van der Waals surface area contributed by atoms with Crippen LogP contribution < -0.4 is 14.8 Å². The summed E-state index contributed by atoms with van der Waals surface area (Å²) in [6.07, 6.45) is 7.46. The molecule has 140 valence electrons. The number of ether oxygens (including phenoxy) is 2. The predicted octanol–water partition coefficient (Wildman–Crippen LogP) is 4.38. The largest absolute Gasteiger partial charge is 0.490 e. The first-order valence-electron chi connectivity index (χ1n) is 9.38. The lowest BCUT2D eigenvalue weighted by Crippen LogP contribution is -2.21. The van der Waals surface area contributed by atoms with Crippen molar-refractivity contribution in [1.82, 2.24) is 5.32 Å². The van der Waals surface area contributed by atoms with E-state index >= 15 is 0 Å². The van der Waals surface area contributed by atoms with Crippen LogP contribution in [0.1, 0.15) is 51.5 Å². The van der Waals surface area contributed by atoms with Crippen molar-refractivity contribution < 1.29 is 14.3 Å². The molecule has 1 aromatic rings. The summed E-state index contributed by atoms with van der Waals surface area (Å²) in [7, 11) is 0. The van der Waals surface area contributed by atoms with Gasteiger partial charge in [0.2, 0.25) is 0 Å². The van der Waals surface area contributed by atoms with Crippen molar-refractivity contribution in [3.05, 3.63) is 28.7 Å². The lowest BCUT2D eigenvalue weighted by molar-refractivity contribution is -0.115. The van der Waals surface area contributed by atoms with E-state index in [9.17, 15) is 4.79 Å². The van der Waals surface area contributed by atoms with Crippen LogP contribution in [-0.4, -0.2) is 30.3 Å². The van der Waals surface area contributed by atoms with Crippen LogP contribution in [0.5, 0.6) is 11.5 Å². The molecule has 26 heavy (non-hydrogen) atoms. The van der Waals surface area contributed by atoms with E-state index in [2.05, 4.69) is 17.2 Å². The number of nitrogens with one attached hydrogen (secondary N) is 1. The number of rotatable bonds is 7. The van der Waals surface area contributed by atoms with Crippen LogP contribution in [0, 0.1) is 0 Å². The normalized spacial score (nSPS) is 20.8. The molecule has 0 atom stereocenters. The highest BCUT2D eigenvalue weighted by molar-refractivity contribution is 8.18. The Balaban J connectivity index is 1.84. The quantitative estimate of drug-likeness (QED) is 0.720. The van der Waals surface area contributed by atoms with Gasteiger partial charge in [0.25, 0.3) is 5.91 Å². The maximum Gasteiger partial charge on any atom is 0.264 e. The number of hydrogen-bond acceptors (Lipinski definition) is 5. The molecule has 1 heterocycles. The Bertz CT molecular complexity index is 709. The topological polar surface area (TPSA) is 59.9 Å². The molecular weight excluding hydrogens is 348 g/mol. The van der Waals surface area contributed by atoms with Gasteiger partial charge in [0, 0.05) is 5.56 Å². The van der Waals surface area contributed by atoms with E-state index < -0.39 is 0 Å². The van der Waals surface area contributed by atoms with Crippen LogP contribution >= 0.6 is 11.8 Å². The van der Waals surface area contributed by atoms with Crippen molar-refractivity contribution in [2.45, 2.75) is 52.0 Å². The number of carbonyl (C=O) groups excluding carboxylic acids is 1. The van der Waals surface area contributed by atoms with Gasteiger partial charge in [-0.25, -0.2) is 0 Å². The van der Waals surface area contributed by atoms with Crippen LogP contribution in [0.15, 0.2) is 28.1 Å². The van der Waals surface area contributed by atoms with Gasteiger partial charge in [-0.2, -0.15) is 0 Å². The van der Waals surface area contributed by atoms with Crippen molar-refractivity contribution in [1.29, 1.82) is 0 Å². The lowest BCUT2D eigenvalue weighted by Gasteiger charge is -2.14. The molecule has 1 aromatic carbocycles. The fourth-order valence-corrected chi connectivity index (χ4v) is 3.99. The molecule has 0 spiro atoms. The van der Waals surface area contributed by atoms with Crippen molar-refractivity contribution in [3.63, 3.8) is 0 Å². The highest BCUT2D eigenvalue weighted by atomic mass is 32.2. The number of amidine groups is 1. The minimum atomic E-state index is -0.102. The van der Waals surface area contributed by atoms with Crippen LogP contribution in [0.2, 0.25) is 0 Å². The van der Waals surface area contributed by atoms with Gasteiger partial charge in [-0.15, -0.1) is 0 Å². The Labute approximate surface area is 159 Å². The van der Waals surface area contributed by atoms with Crippen molar-refractivity contribution >= 4 is 28.9 Å². The maximum atomic E-state index is 12.3. The monoisotopic (exact) mass is 374 g/mol. The summed E-state index contributed by atoms with van der Waals surface area (Å²) in [5.41, 5.74) is 0.851. The molecule has 1 aliphatic carbocycles. The van der Waals surface area contributed by atoms with E-state index in [-0.39, 0.29) is 5.91 Å². The minimum absolute atomic E-state index is 0.102. The Morgan fingerprint density at radius 3 is 2.81 bits per heavy atom. The second-order valence-corrected chi connectivity index (χ2v) is 7.42. The molecule has 0 radical (unpaired) electrons. The van der Waals surface area contributed by atoms with E-state index in [1.54, 1.807) is 0 Å². The number of para-hydroxylation sites is 1. The third-order valence-corrected chi connectivity index (χ3v) is 5.25. The third kappa shape index (κ3) is 4.61. The molecule has 1 N–H and O–H groups in total. The van der Waals surface area contributed by atoms with Crippen LogP contribution in [0.3, 0.4) is 0 Å². The summed E-state index contributed by atoms with van der Waals surface area (Å²) in [6, 6.07) is 6.11. The Kier molecular flexibility index (Phi) is 6.61. The zero-order valence-corrected chi connectivity index (χ0v) is 16.2. The van der Waals surface area contributed by atoms with Gasteiger partial charge in [0.15, 0.2) is 16.7 Å². The zero-order chi connectivity index (χ0) is 18.4. The number of carbonyl (C=O) groups is 1. The van der Waals surface area contributed by atoms with Crippen LogP contribution in [0.25, 0.3) is 6.08 Å². The summed E-state index contributed by atoms with van der Waals surface area (Å²) < 4.78 is 11.6. The van der Waals surface area contributed by atoms with E-state index in [0.29, 0.717) is 40.8 Å². The molecule has 1 saturated heterocycles. The molecule has 0 aromatic heterocycles. The molecule has 0 unspecified atom stereocenters. The number of aliphatic imine (C=N–C) groups is 1. The van der Waals surface area contributed by atoms with Crippen LogP contribution in [0.4, 0.5) is 0 Å². The van der Waals surface area contributed by atoms with E-state index in [1.807, 2.05) is 31.2 Å². The SMILES string of the molecule is CCCOc1c(/C=C2\SC(=NC3CCCC3)NC2=O)cccc1OCC. The maximum absolute atomic E-state index is 12.3. The Morgan fingerprint density at radius 1 is 1.27 bits per heavy atom. The van der Waals surface area contributed by atoms with Gasteiger partial charge in [-0.3, -0.25) is 9.79 Å². The van der Waals surface area contributed by atoms with Gasteiger partial charge in [0.1, 0.15) is 0 Å². The summed E-state index contributed by atoms with van der Waals surface area (Å²) in [6.45, 7) is 5.18. The van der Waals surface area contributed by atoms with Crippen molar-refractivity contribution in [2.75, 3.05) is 13.2 Å². The molecule has 0 bridgehead atoms. The Morgan fingerprint density at radius 2 is 2.08 bits per heavy atom. The van der Waals surface area contributed by atoms with Gasteiger partial charge in [-0.1, -0.05) is 31.9 Å². The number of thioether (sulfide) groups is 1. The van der Waals surface area contributed by atoms with Crippen molar-refractivity contribution in [3.8, 4) is 11.5 Å². The molecule has 2 fully saturated rings. The van der Waals surface area contributed by atoms with Gasteiger partial charge >= 0.3 is 0 Å². The molecule has 1 saturated carbocycles. The first-order chi connectivity index (χ1) is 12.7.